The third-order valence-corrected chi connectivity index (χ3v) is 2.30. The van der Waals surface area contributed by atoms with Crippen molar-refractivity contribution in [2.45, 2.75) is 25.4 Å². The highest BCUT2D eigenvalue weighted by Gasteiger charge is 2.15. The summed E-state index contributed by atoms with van der Waals surface area (Å²) in [7, 11) is 0. The van der Waals surface area contributed by atoms with E-state index in [-0.39, 0.29) is 0 Å². The van der Waals surface area contributed by atoms with E-state index in [2.05, 4.69) is 0 Å². The van der Waals surface area contributed by atoms with Crippen LogP contribution in [0.5, 0.6) is 0 Å². The van der Waals surface area contributed by atoms with Crippen LogP contribution in [0.1, 0.15) is 13.8 Å². The molecular formula is C7H14O2S. The van der Waals surface area contributed by atoms with Crippen LogP contribution in [0.25, 0.3) is 0 Å². The molecule has 1 aliphatic rings. The molecule has 2 nitrogen and oxygen atoms in total. The number of rotatable bonds is 3. The molecule has 1 fully saturated rings. The summed E-state index contributed by atoms with van der Waals surface area (Å²) in [6.07, 6.45) is 0.324. The molecule has 0 aromatic heterocycles. The monoisotopic (exact) mass is 162 g/mol. The molecule has 1 atom stereocenters. The predicted molar refractivity (Wildman–Crippen MR) is 43.3 cm³/mol. The molecule has 0 aromatic rings. The van der Waals surface area contributed by atoms with Gasteiger partial charge < -0.3 is 9.47 Å². The van der Waals surface area contributed by atoms with Crippen LogP contribution < -0.4 is 0 Å². The first kappa shape index (κ1) is 8.37. The SMILES string of the molecule is CC(C)OCC1OCCS1. The Bertz CT molecular complexity index is 89.6. The lowest BCUT2D eigenvalue weighted by Crippen LogP contribution is -2.14. The first-order valence-corrected chi connectivity index (χ1v) is 4.68. The molecule has 1 saturated heterocycles. The highest BCUT2D eigenvalue weighted by atomic mass is 32.2. The first-order chi connectivity index (χ1) is 4.79. The highest BCUT2D eigenvalue weighted by molar-refractivity contribution is 8.00. The molecule has 0 aliphatic carbocycles. The smallest absolute Gasteiger partial charge is 0.126 e. The van der Waals surface area contributed by atoms with Crippen LogP contribution in [0.2, 0.25) is 0 Å². The molecule has 0 radical (unpaired) electrons. The number of ether oxygens (including phenoxy) is 2. The maximum atomic E-state index is 5.38. The number of thioether (sulfide) groups is 1. The summed E-state index contributed by atoms with van der Waals surface area (Å²) in [5, 5.41) is 0. The van der Waals surface area contributed by atoms with Gasteiger partial charge in [0.05, 0.1) is 19.3 Å². The fourth-order valence-corrected chi connectivity index (χ4v) is 1.60. The fourth-order valence-electron chi connectivity index (χ4n) is 0.774. The Balaban J connectivity index is 2.01. The molecule has 0 saturated carbocycles. The Labute approximate surface area is 66.3 Å². The molecule has 1 unspecified atom stereocenters. The maximum absolute atomic E-state index is 5.38. The van der Waals surface area contributed by atoms with Gasteiger partial charge in [-0.15, -0.1) is 11.8 Å². The topological polar surface area (TPSA) is 18.5 Å². The number of hydrogen-bond donors (Lipinski definition) is 0. The van der Waals surface area contributed by atoms with Crippen molar-refractivity contribution in [3.8, 4) is 0 Å². The lowest BCUT2D eigenvalue weighted by molar-refractivity contribution is 0.0151. The second kappa shape index (κ2) is 4.21. The summed E-state index contributed by atoms with van der Waals surface area (Å²) in [5.74, 6) is 1.12. The van der Waals surface area contributed by atoms with Gasteiger partial charge in [-0.25, -0.2) is 0 Å². The average Bonchev–Trinajstić information content (AvgIpc) is 2.34. The van der Waals surface area contributed by atoms with E-state index in [1.54, 1.807) is 0 Å². The van der Waals surface area contributed by atoms with E-state index in [1.165, 1.54) is 0 Å². The largest absolute Gasteiger partial charge is 0.375 e. The second-order valence-corrected chi connectivity index (χ2v) is 3.82. The predicted octanol–water partition coefficient (Wildman–Crippen LogP) is 1.50. The Morgan fingerprint density at radius 1 is 1.70 bits per heavy atom. The van der Waals surface area contributed by atoms with Crippen LogP contribution in [-0.2, 0) is 9.47 Å². The Kier molecular flexibility index (Phi) is 3.52. The Hall–Kier alpha value is 0.270. The van der Waals surface area contributed by atoms with Crippen LogP contribution in [-0.4, -0.2) is 30.5 Å². The molecule has 1 aliphatic heterocycles. The molecule has 0 bridgehead atoms. The third-order valence-electron chi connectivity index (χ3n) is 1.26. The average molecular weight is 162 g/mol. The van der Waals surface area contributed by atoms with E-state index in [9.17, 15) is 0 Å². The van der Waals surface area contributed by atoms with E-state index >= 15 is 0 Å². The molecule has 0 aromatic carbocycles. The minimum Gasteiger partial charge on any atom is -0.375 e. The summed E-state index contributed by atoms with van der Waals surface area (Å²) < 4.78 is 10.7. The molecule has 0 spiro atoms. The van der Waals surface area contributed by atoms with Gasteiger partial charge in [0.2, 0.25) is 0 Å². The quantitative estimate of drug-likeness (QED) is 0.626. The zero-order chi connectivity index (χ0) is 7.40. The van der Waals surface area contributed by atoms with Gasteiger partial charge in [-0.3, -0.25) is 0 Å². The fraction of sp³-hybridized carbons (Fsp3) is 1.00. The Morgan fingerprint density at radius 2 is 2.50 bits per heavy atom. The Morgan fingerprint density at radius 3 is 3.00 bits per heavy atom. The van der Waals surface area contributed by atoms with Crippen molar-refractivity contribution in [2.75, 3.05) is 19.0 Å². The van der Waals surface area contributed by atoms with Crippen molar-refractivity contribution >= 4 is 11.8 Å². The van der Waals surface area contributed by atoms with Gasteiger partial charge in [-0.2, -0.15) is 0 Å². The van der Waals surface area contributed by atoms with E-state index in [0.717, 1.165) is 19.0 Å². The zero-order valence-electron chi connectivity index (χ0n) is 6.50. The van der Waals surface area contributed by atoms with Crippen LogP contribution >= 0.6 is 11.8 Å². The summed E-state index contributed by atoms with van der Waals surface area (Å²) in [4.78, 5) is 0. The van der Waals surface area contributed by atoms with Crippen LogP contribution in [0.3, 0.4) is 0 Å². The molecule has 0 N–H and O–H groups in total. The minimum atomic E-state index is 0.294. The lowest BCUT2D eigenvalue weighted by atomic mass is 10.5. The molecular weight excluding hydrogens is 148 g/mol. The number of hydrogen-bond acceptors (Lipinski definition) is 3. The third kappa shape index (κ3) is 2.90. The van der Waals surface area contributed by atoms with Crippen molar-refractivity contribution in [1.82, 2.24) is 0 Å². The van der Waals surface area contributed by atoms with Crippen LogP contribution in [0, 0.1) is 0 Å². The van der Waals surface area contributed by atoms with Crippen molar-refractivity contribution in [3.05, 3.63) is 0 Å². The summed E-state index contributed by atoms with van der Waals surface area (Å²) in [6, 6.07) is 0. The van der Waals surface area contributed by atoms with Gasteiger partial charge in [0.1, 0.15) is 5.44 Å². The van der Waals surface area contributed by atoms with E-state index in [0.29, 0.717) is 11.5 Å². The lowest BCUT2D eigenvalue weighted by Gasteiger charge is -2.11. The van der Waals surface area contributed by atoms with Gasteiger partial charge in [0, 0.05) is 5.75 Å². The molecule has 3 heteroatoms. The molecule has 1 rings (SSSR count). The molecule has 60 valence electrons. The molecule has 1 heterocycles. The first-order valence-electron chi connectivity index (χ1n) is 3.64. The van der Waals surface area contributed by atoms with Gasteiger partial charge in [0.25, 0.3) is 0 Å². The summed E-state index contributed by atoms with van der Waals surface area (Å²) in [5.41, 5.74) is 0.294. The zero-order valence-corrected chi connectivity index (χ0v) is 7.32. The standard InChI is InChI=1S/C7H14O2S/c1-6(2)9-5-7-8-3-4-10-7/h6-7H,3-5H2,1-2H3. The van der Waals surface area contributed by atoms with E-state index in [4.69, 9.17) is 9.47 Å². The highest BCUT2D eigenvalue weighted by Crippen LogP contribution is 2.19. The van der Waals surface area contributed by atoms with Crippen molar-refractivity contribution < 1.29 is 9.47 Å². The summed E-state index contributed by atoms with van der Waals surface area (Å²) in [6.45, 7) is 5.71. The van der Waals surface area contributed by atoms with Crippen molar-refractivity contribution in [2.24, 2.45) is 0 Å². The van der Waals surface area contributed by atoms with Crippen LogP contribution in [0.15, 0.2) is 0 Å². The van der Waals surface area contributed by atoms with Crippen molar-refractivity contribution in [3.63, 3.8) is 0 Å². The van der Waals surface area contributed by atoms with Gasteiger partial charge in [-0.1, -0.05) is 0 Å². The van der Waals surface area contributed by atoms with Crippen molar-refractivity contribution in [1.29, 1.82) is 0 Å². The molecule has 0 amide bonds. The summed E-state index contributed by atoms with van der Waals surface area (Å²) >= 11 is 1.84. The van der Waals surface area contributed by atoms with Gasteiger partial charge in [-0.05, 0) is 13.8 Å². The van der Waals surface area contributed by atoms with Gasteiger partial charge in [0.15, 0.2) is 0 Å². The van der Waals surface area contributed by atoms with E-state index < -0.39 is 0 Å². The minimum absolute atomic E-state index is 0.294. The van der Waals surface area contributed by atoms with Crippen LogP contribution in [0.4, 0.5) is 0 Å². The van der Waals surface area contributed by atoms with Gasteiger partial charge >= 0.3 is 0 Å². The van der Waals surface area contributed by atoms with E-state index in [1.807, 2.05) is 25.6 Å². The normalized spacial score (nSPS) is 26.1. The molecule has 10 heavy (non-hydrogen) atoms. The second-order valence-electron chi connectivity index (χ2n) is 2.55. The maximum Gasteiger partial charge on any atom is 0.126 e.